The monoisotopic (exact) mass is 343 g/mol. The van der Waals surface area contributed by atoms with Gasteiger partial charge in [0.25, 0.3) is 5.91 Å². The summed E-state index contributed by atoms with van der Waals surface area (Å²) in [6, 6.07) is 9.00. The highest BCUT2D eigenvalue weighted by Crippen LogP contribution is 2.43. The Morgan fingerprint density at radius 1 is 1.24 bits per heavy atom. The van der Waals surface area contributed by atoms with E-state index in [4.69, 9.17) is 4.74 Å². The van der Waals surface area contributed by atoms with Crippen LogP contribution in [0.3, 0.4) is 0 Å². The molecule has 0 aromatic heterocycles. The average molecular weight is 343 g/mol. The first-order valence-electron chi connectivity index (χ1n) is 9.01. The fourth-order valence-electron chi connectivity index (χ4n) is 4.01. The lowest BCUT2D eigenvalue weighted by Crippen LogP contribution is -2.53. The second kappa shape index (κ2) is 7.00. The number of rotatable bonds is 4. The highest BCUT2D eigenvalue weighted by Gasteiger charge is 2.53. The highest BCUT2D eigenvalue weighted by atomic mass is 16.5. The molecule has 0 saturated heterocycles. The van der Waals surface area contributed by atoms with Crippen molar-refractivity contribution in [2.75, 3.05) is 6.61 Å². The number of ether oxygens (including phenoxy) is 1. The summed E-state index contributed by atoms with van der Waals surface area (Å²) < 4.78 is 5.16. The van der Waals surface area contributed by atoms with Crippen molar-refractivity contribution >= 4 is 17.4 Å². The minimum Gasteiger partial charge on any atom is -0.462 e. The highest BCUT2D eigenvalue weighted by molar-refractivity contribution is 6.29. The Labute approximate surface area is 148 Å². The number of benzene rings is 1. The molecule has 1 unspecified atom stereocenters. The summed E-state index contributed by atoms with van der Waals surface area (Å²) >= 11 is 0. The van der Waals surface area contributed by atoms with E-state index in [-0.39, 0.29) is 29.7 Å². The van der Waals surface area contributed by atoms with Crippen molar-refractivity contribution in [2.45, 2.75) is 57.7 Å². The Bertz CT molecular complexity index is 687. The van der Waals surface area contributed by atoms with Crippen LogP contribution in [0.5, 0.6) is 0 Å². The van der Waals surface area contributed by atoms with Gasteiger partial charge < -0.3 is 14.7 Å². The summed E-state index contributed by atoms with van der Waals surface area (Å²) in [5, 5.41) is 11.2. The van der Waals surface area contributed by atoms with Crippen molar-refractivity contribution in [1.29, 1.82) is 0 Å². The zero-order valence-corrected chi connectivity index (χ0v) is 14.8. The lowest BCUT2D eigenvalue weighted by molar-refractivity contribution is -0.153. The number of nitrogens with zero attached hydrogens (tertiary/aromatic N) is 1. The number of carbonyl (C=O) groups is 2. The normalized spacial score (nSPS) is 24.8. The standard InChI is InChI=1S/C20H25NO4/c1-3-25-19(23)17-16(14-10-6-4-7-11-14)18(22)21(20(17,2)24)15-12-8-5-9-13-15/h4,6-7,10-11,15,24H,3,5,8-9,12-13H2,1-2H3. The van der Waals surface area contributed by atoms with Crippen LogP contribution >= 0.6 is 0 Å². The number of esters is 1. The molecule has 1 aliphatic heterocycles. The van der Waals surface area contributed by atoms with Gasteiger partial charge in [-0.1, -0.05) is 49.6 Å². The van der Waals surface area contributed by atoms with E-state index in [9.17, 15) is 14.7 Å². The minimum absolute atomic E-state index is 0.0520. The lowest BCUT2D eigenvalue weighted by Gasteiger charge is -2.40. The molecule has 25 heavy (non-hydrogen) atoms. The van der Waals surface area contributed by atoms with Crippen molar-refractivity contribution in [3.8, 4) is 0 Å². The van der Waals surface area contributed by atoms with Crippen LogP contribution in [0.1, 0.15) is 51.5 Å². The Morgan fingerprint density at radius 2 is 1.88 bits per heavy atom. The summed E-state index contributed by atoms with van der Waals surface area (Å²) in [6.07, 6.45) is 4.89. The molecule has 1 N–H and O–H groups in total. The molecule has 0 spiro atoms. The summed E-state index contributed by atoms with van der Waals surface area (Å²) in [6.45, 7) is 3.44. The van der Waals surface area contributed by atoms with Crippen LogP contribution in [0.4, 0.5) is 0 Å². The van der Waals surface area contributed by atoms with Gasteiger partial charge >= 0.3 is 5.97 Å². The van der Waals surface area contributed by atoms with Gasteiger partial charge in [0.2, 0.25) is 0 Å². The van der Waals surface area contributed by atoms with E-state index in [0.717, 1.165) is 32.1 Å². The molecule has 3 rings (SSSR count). The summed E-state index contributed by atoms with van der Waals surface area (Å²) in [5.41, 5.74) is -0.712. The van der Waals surface area contributed by atoms with Crippen LogP contribution in [-0.4, -0.2) is 40.3 Å². The van der Waals surface area contributed by atoms with E-state index in [1.54, 1.807) is 19.1 Å². The summed E-state index contributed by atoms with van der Waals surface area (Å²) in [7, 11) is 0. The lowest BCUT2D eigenvalue weighted by atomic mass is 9.92. The van der Waals surface area contributed by atoms with Crippen LogP contribution in [-0.2, 0) is 14.3 Å². The van der Waals surface area contributed by atoms with Crippen molar-refractivity contribution in [1.82, 2.24) is 4.90 Å². The number of aliphatic hydroxyl groups is 1. The second-order valence-corrected chi connectivity index (χ2v) is 6.82. The van der Waals surface area contributed by atoms with E-state index in [1.165, 1.54) is 11.8 Å². The molecular weight excluding hydrogens is 318 g/mol. The van der Waals surface area contributed by atoms with Crippen molar-refractivity contribution in [3.63, 3.8) is 0 Å². The van der Waals surface area contributed by atoms with Gasteiger partial charge in [-0.2, -0.15) is 0 Å². The average Bonchev–Trinajstić information content (AvgIpc) is 2.82. The predicted molar refractivity (Wildman–Crippen MR) is 94.3 cm³/mol. The Morgan fingerprint density at radius 3 is 2.48 bits per heavy atom. The van der Waals surface area contributed by atoms with E-state index in [2.05, 4.69) is 0 Å². The maximum absolute atomic E-state index is 13.2. The van der Waals surface area contributed by atoms with Gasteiger partial charge in [0.15, 0.2) is 5.72 Å². The molecule has 1 aromatic rings. The molecule has 5 nitrogen and oxygen atoms in total. The fourth-order valence-corrected chi connectivity index (χ4v) is 4.01. The van der Waals surface area contributed by atoms with E-state index < -0.39 is 11.7 Å². The smallest absolute Gasteiger partial charge is 0.339 e. The Hall–Kier alpha value is -2.14. The molecule has 5 heteroatoms. The van der Waals surface area contributed by atoms with Crippen molar-refractivity contribution < 1.29 is 19.4 Å². The molecule has 1 aromatic carbocycles. The zero-order valence-electron chi connectivity index (χ0n) is 14.8. The molecule has 1 atom stereocenters. The molecule has 1 amide bonds. The van der Waals surface area contributed by atoms with Gasteiger partial charge in [0.1, 0.15) is 5.57 Å². The molecule has 134 valence electrons. The molecule has 1 fully saturated rings. The largest absolute Gasteiger partial charge is 0.462 e. The van der Waals surface area contributed by atoms with Gasteiger partial charge in [-0.25, -0.2) is 4.79 Å². The minimum atomic E-state index is -1.66. The molecule has 1 aliphatic carbocycles. The summed E-state index contributed by atoms with van der Waals surface area (Å²) in [4.78, 5) is 27.3. The predicted octanol–water partition coefficient (Wildman–Crippen LogP) is 2.89. The molecule has 0 radical (unpaired) electrons. The number of hydrogen-bond acceptors (Lipinski definition) is 4. The maximum atomic E-state index is 13.2. The van der Waals surface area contributed by atoms with Gasteiger partial charge in [-0.05, 0) is 32.3 Å². The molecule has 0 bridgehead atoms. The van der Waals surface area contributed by atoms with E-state index in [0.29, 0.717) is 5.56 Å². The van der Waals surface area contributed by atoms with Crippen LogP contribution in [0.2, 0.25) is 0 Å². The van der Waals surface area contributed by atoms with Crippen LogP contribution in [0, 0.1) is 0 Å². The third-order valence-electron chi connectivity index (χ3n) is 5.11. The quantitative estimate of drug-likeness (QED) is 0.854. The zero-order chi connectivity index (χ0) is 18.0. The second-order valence-electron chi connectivity index (χ2n) is 6.82. The molecule has 2 aliphatic rings. The topological polar surface area (TPSA) is 66.8 Å². The van der Waals surface area contributed by atoms with Gasteiger partial charge in [-0.15, -0.1) is 0 Å². The summed E-state index contributed by atoms with van der Waals surface area (Å²) in [5.74, 6) is -0.913. The van der Waals surface area contributed by atoms with Gasteiger partial charge in [-0.3, -0.25) is 4.79 Å². The molecule has 1 heterocycles. The Balaban J connectivity index is 2.09. The van der Waals surface area contributed by atoms with Gasteiger partial charge in [0.05, 0.1) is 12.2 Å². The number of amides is 1. The SMILES string of the molecule is CCOC(=O)C1=C(c2ccccc2)C(=O)N(C2CCCCC2)C1(C)O. The van der Waals surface area contributed by atoms with Crippen LogP contribution in [0.25, 0.3) is 5.57 Å². The van der Waals surface area contributed by atoms with E-state index >= 15 is 0 Å². The number of hydrogen-bond donors (Lipinski definition) is 1. The first-order valence-corrected chi connectivity index (χ1v) is 9.01. The third kappa shape index (κ3) is 3.09. The van der Waals surface area contributed by atoms with Gasteiger partial charge in [0, 0.05) is 6.04 Å². The van der Waals surface area contributed by atoms with Crippen LogP contribution in [0.15, 0.2) is 35.9 Å². The molecule has 1 saturated carbocycles. The van der Waals surface area contributed by atoms with Crippen molar-refractivity contribution in [2.24, 2.45) is 0 Å². The first-order chi connectivity index (χ1) is 12.0. The Kier molecular flexibility index (Phi) is 4.95. The maximum Gasteiger partial charge on any atom is 0.339 e. The first kappa shape index (κ1) is 17.7. The number of carbonyl (C=O) groups excluding carboxylic acids is 2. The fraction of sp³-hybridized carbons (Fsp3) is 0.500. The van der Waals surface area contributed by atoms with Crippen molar-refractivity contribution in [3.05, 3.63) is 41.5 Å². The van der Waals surface area contributed by atoms with Crippen LogP contribution < -0.4 is 0 Å². The third-order valence-corrected chi connectivity index (χ3v) is 5.11. The molecular formula is C20H25NO4. The van der Waals surface area contributed by atoms with E-state index in [1.807, 2.05) is 18.2 Å².